The van der Waals surface area contributed by atoms with Crippen LogP contribution >= 0.6 is 0 Å². The van der Waals surface area contributed by atoms with Crippen LogP contribution < -0.4 is 19.6 Å². The van der Waals surface area contributed by atoms with Crippen molar-refractivity contribution in [3.8, 4) is 17.2 Å². The van der Waals surface area contributed by atoms with Gasteiger partial charge in [-0.25, -0.2) is 14.6 Å². The molecule has 0 spiro atoms. The number of hydrogen-bond donors (Lipinski definition) is 1. The second kappa shape index (κ2) is 12.2. The number of carbonyl (C=O) groups is 2. The third-order valence-electron chi connectivity index (χ3n) is 4.75. The SMILES string of the molecule is CCCCOc1ccc(C(=O)Oc2ccc(C=NNC(=O)c3ccccc3F)cc2OC)cc1. The van der Waals surface area contributed by atoms with Gasteiger partial charge in [0.25, 0.3) is 5.91 Å². The Balaban J connectivity index is 1.62. The average molecular weight is 464 g/mol. The molecule has 0 fully saturated rings. The first-order valence-corrected chi connectivity index (χ1v) is 10.7. The largest absolute Gasteiger partial charge is 0.494 e. The van der Waals surface area contributed by atoms with Gasteiger partial charge in [0.05, 0.1) is 31.1 Å². The highest BCUT2D eigenvalue weighted by Gasteiger charge is 2.13. The Morgan fingerprint density at radius 1 is 1.03 bits per heavy atom. The molecule has 0 aliphatic carbocycles. The minimum Gasteiger partial charge on any atom is -0.494 e. The van der Waals surface area contributed by atoms with Crippen LogP contribution in [0.3, 0.4) is 0 Å². The second-order valence-corrected chi connectivity index (χ2v) is 7.21. The maximum absolute atomic E-state index is 13.7. The smallest absolute Gasteiger partial charge is 0.343 e. The zero-order valence-corrected chi connectivity index (χ0v) is 18.9. The molecule has 0 aromatic heterocycles. The van der Waals surface area contributed by atoms with Crippen molar-refractivity contribution >= 4 is 18.1 Å². The Hall–Kier alpha value is -4.20. The van der Waals surface area contributed by atoms with Crippen molar-refractivity contribution < 1.29 is 28.2 Å². The molecular weight excluding hydrogens is 439 g/mol. The van der Waals surface area contributed by atoms with E-state index >= 15 is 0 Å². The van der Waals surface area contributed by atoms with Gasteiger partial charge in [0.15, 0.2) is 11.5 Å². The van der Waals surface area contributed by atoms with Crippen LogP contribution in [0.1, 0.15) is 46.0 Å². The zero-order chi connectivity index (χ0) is 24.3. The van der Waals surface area contributed by atoms with Gasteiger partial charge in [-0.15, -0.1) is 0 Å². The van der Waals surface area contributed by atoms with E-state index in [1.54, 1.807) is 48.5 Å². The van der Waals surface area contributed by atoms with Crippen LogP contribution in [-0.2, 0) is 0 Å². The van der Waals surface area contributed by atoms with Gasteiger partial charge in [-0.2, -0.15) is 5.10 Å². The minimum atomic E-state index is -0.673. The molecule has 34 heavy (non-hydrogen) atoms. The van der Waals surface area contributed by atoms with Crippen LogP contribution in [0.2, 0.25) is 0 Å². The number of rotatable bonds is 10. The van der Waals surface area contributed by atoms with Crippen LogP contribution in [0.25, 0.3) is 0 Å². The van der Waals surface area contributed by atoms with Gasteiger partial charge in [0.2, 0.25) is 0 Å². The van der Waals surface area contributed by atoms with E-state index in [4.69, 9.17) is 14.2 Å². The first kappa shape index (κ1) is 24.4. The second-order valence-electron chi connectivity index (χ2n) is 7.21. The van der Waals surface area contributed by atoms with Crippen molar-refractivity contribution in [1.82, 2.24) is 5.43 Å². The molecule has 0 aliphatic rings. The lowest BCUT2D eigenvalue weighted by Crippen LogP contribution is -2.18. The first-order valence-electron chi connectivity index (χ1n) is 10.7. The molecule has 176 valence electrons. The summed E-state index contributed by atoms with van der Waals surface area (Å²) >= 11 is 0. The molecule has 3 aromatic rings. The molecule has 1 amide bonds. The lowest BCUT2D eigenvalue weighted by molar-refractivity contribution is 0.0729. The van der Waals surface area contributed by atoms with Crippen molar-refractivity contribution in [2.45, 2.75) is 19.8 Å². The number of hydrazone groups is 1. The first-order chi connectivity index (χ1) is 16.5. The lowest BCUT2D eigenvalue weighted by atomic mass is 10.2. The highest BCUT2D eigenvalue weighted by Crippen LogP contribution is 2.28. The quantitative estimate of drug-likeness (QED) is 0.150. The molecule has 0 bridgehead atoms. The Kier molecular flexibility index (Phi) is 8.73. The average Bonchev–Trinajstić information content (AvgIpc) is 2.85. The van der Waals surface area contributed by atoms with Crippen LogP contribution in [0.4, 0.5) is 4.39 Å². The Bertz CT molecular complexity index is 1160. The summed E-state index contributed by atoms with van der Waals surface area (Å²) in [5.41, 5.74) is 3.09. The molecule has 0 heterocycles. The summed E-state index contributed by atoms with van der Waals surface area (Å²) in [6.07, 6.45) is 3.37. The number of esters is 1. The summed E-state index contributed by atoms with van der Waals surface area (Å²) in [6.45, 7) is 2.71. The van der Waals surface area contributed by atoms with E-state index in [9.17, 15) is 14.0 Å². The predicted octanol–water partition coefficient (Wildman–Crippen LogP) is 5.00. The summed E-state index contributed by atoms with van der Waals surface area (Å²) in [5.74, 6) is -0.638. The topological polar surface area (TPSA) is 86.2 Å². The Morgan fingerprint density at radius 3 is 2.50 bits per heavy atom. The predicted molar refractivity (Wildman–Crippen MR) is 126 cm³/mol. The van der Waals surface area contributed by atoms with Crippen molar-refractivity contribution in [1.29, 1.82) is 0 Å². The van der Waals surface area contributed by atoms with Gasteiger partial charge in [0, 0.05) is 0 Å². The van der Waals surface area contributed by atoms with Crippen molar-refractivity contribution in [3.05, 3.63) is 89.2 Å². The number of nitrogens with one attached hydrogen (secondary N) is 1. The van der Waals surface area contributed by atoms with Gasteiger partial charge in [0.1, 0.15) is 11.6 Å². The number of unbranched alkanes of at least 4 members (excludes halogenated alkanes) is 1. The van der Waals surface area contributed by atoms with Gasteiger partial charge < -0.3 is 14.2 Å². The number of benzene rings is 3. The minimum absolute atomic E-state index is 0.111. The third-order valence-corrected chi connectivity index (χ3v) is 4.75. The number of carbonyl (C=O) groups excluding carboxylic acids is 2. The van der Waals surface area contributed by atoms with Crippen LogP contribution in [0.5, 0.6) is 17.2 Å². The van der Waals surface area contributed by atoms with Crippen molar-refractivity contribution in [2.75, 3.05) is 13.7 Å². The fourth-order valence-electron chi connectivity index (χ4n) is 2.90. The van der Waals surface area contributed by atoms with Crippen LogP contribution in [-0.4, -0.2) is 31.8 Å². The van der Waals surface area contributed by atoms with E-state index in [-0.39, 0.29) is 11.3 Å². The third kappa shape index (κ3) is 6.65. The molecule has 7 nitrogen and oxygen atoms in total. The fourth-order valence-corrected chi connectivity index (χ4v) is 2.90. The molecule has 0 unspecified atom stereocenters. The molecule has 0 aliphatic heterocycles. The van der Waals surface area contributed by atoms with E-state index in [1.807, 2.05) is 0 Å². The molecular formula is C26H25FN2O5. The van der Waals surface area contributed by atoms with E-state index in [0.717, 1.165) is 12.8 Å². The maximum Gasteiger partial charge on any atom is 0.343 e. The van der Waals surface area contributed by atoms with Gasteiger partial charge in [-0.05, 0) is 66.6 Å². The van der Waals surface area contributed by atoms with Gasteiger partial charge >= 0.3 is 5.97 Å². The summed E-state index contributed by atoms with van der Waals surface area (Å²) in [6, 6.07) is 17.1. The normalized spacial score (nSPS) is 10.7. The van der Waals surface area contributed by atoms with Crippen molar-refractivity contribution in [3.63, 3.8) is 0 Å². The summed E-state index contributed by atoms with van der Waals surface area (Å²) in [4.78, 5) is 24.5. The molecule has 1 N–H and O–H groups in total. The molecule has 0 atom stereocenters. The Morgan fingerprint density at radius 2 is 1.79 bits per heavy atom. The Labute approximate surface area is 197 Å². The van der Waals surface area contributed by atoms with Crippen molar-refractivity contribution in [2.24, 2.45) is 5.10 Å². The number of hydrogen-bond acceptors (Lipinski definition) is 6. The molecule has 0 saturated carbocycles. The van der Waals surface area contributed by atoms with E-state index in [2.05, 4.69) is 17.5 Å². The van der Waals surface area contributed by atoms with Crippen LogP contribution in [0, 0.1) is 5.82 Å². The number of methoxy groups -OCH3 is 1. The number of halogens is 1. The summed E-state index contributed by atoms with van der Waals surface area (Å²) in [7, 11) is 1.44. The molecule has 8 heteroatoms. The number of amides is 1. The monoisotopic (exact) mass is 464 g/mol. The molecule has 3 aromatic carbocycles. The van der Waals surface area contributed by atoms with Crippen LogP contribution in [0.15, 0.2) is 71.8 Å². The summed E-state index contributed by atoms with van der Waals surface area (Å²) < 4.78 is 30.0. The maximum atomic E-state index is 13.7. The molecule has 0 radical (unpaired) electrons. The van der Waals surface area contributed by atoms with Gasteiger partial charge in [-0.3, -0.25) is 4.79 Å². The number of nitrogens with zero attached hydrogens (tertiary/aromatic N) is 1. The van der Waals surface area contributed by atoms with E-state index in [0.29, 0.717) is 29.2 Å². The standard InChI is InChI=1S/C26H25FN2O5/c1-3-4-15-33-20-12-10-19(11-13-20)26(31)34-23-14-9-18(16-24(23)32-2)17-28-29-25(30)21-7-5-6-8-22(21)27/h5-14,16-17H,3-4,15H2,1-2H3,(H,29,30). The highest BCUT2D eigenvalue weighted by molar-refractivity contribution is 5.95. The summed E-state index contributed by atoms with van der Waals surface area (Å²) in [5, 5.41) is 3.84. The van der Waals surface area contributed by atoms with E-state index in [1.165, 1.54) is 31.5 Å². The fraction of sp³-hybridized carbons (Fsp3) is 0.192. The van der Waals surface area contributed by atoms with Gasteiger partial charge in [-0.1, -0.05) is 25.5 Å². The number of ether oxygens (including phenoxy) is 3. The molecule has 0 saturated heterocycles. The zero-order valence-electron chi connectivity index (χ0n) is 18.9. The lowest BCUT2D eigenvalue weighted by Gasteiger charge is -2.10. The highest BCUT2D eigenvalue weighted by atomic mass is 19.1. The van der Waals surface area contributed by atoms with E-state index < -0.39 is 17.7 Å². The molecule has 3 rings (SSSR count).